The Morgan fingerprint density at radius 1 is 1.64 bits per heavy atom. The molecule has 0 unspecified atom stereocenters. The highest BCUT2D eigenvalue weighted by Crippen LogP contribution is 2.12. The quantitative estimate of drug-likeness (QED) is 0.605. The number of methoxy groups -OCH3 is 1. The van der Waals surface area contributed by atoms with Crippen molar-refractivity contribution < 1.29 is 9.94 Å². The summed E-state index contributed by atoms with van der Waals surface area (Å²) in [5, 5.41) is 11.5. The fraction of sp³-hybridized carbons (Fsp3) is 0.667. The van der Waals surface area contributed by atoms with Crippen molar-refractivity contribution >= 4 is 0 Å². The van der Waals surface area contributed by atoms with Crippen LogP contribution in [0.3, 0.4) is 0 Å². The highest BCUT2D eigenvalue weighted by Gasteiger charge is 2.22. The van der Waals surface area contributed by atoms with Gasteiger partial charge in [0.1, 0.15) is 6.20 Å². The van der Waals surface area contributed by atoms with Gasteiger partial charge < -0.3 is 4.74 Å². The van der Waals surface area contributed by atoms with Gasteiger partial charge in [-0.3, -0.25) is 10.2 Å². The van der Waals surface area contributed by atoms with E-state index < -0.39 is 0 Å². The van der Waals surface area contributed by atoms with E-state index in [1.54, 1.807) is 12.1 Å². The molecule has 0 aromatic carbocycles. The van der Waals surface area contributed by atoms with E-state index in [0.29, 0.717) is 5.88 Å². The van der Waals surface area contributed by atoms with Crippen molar-refractivity contribution in [2.45, 2.75) is 19.9 Å². The fourth-order valence-electron chi connectivity index (χ4n) is 0.876. The second-order valence-electron chi connectivity index (χ2n) is 2.58. The molecular formula is C6H13N3O2. The third-order valence-electron chi connectivity index (χ3n) is 1.41. The predicted octanol–water partition coefficient (Wildman–Crippen LogP) is 0.266. The Balaban J connectivity index is 2.63. The molecule has 0 aromatic rings. The summed E-state index contributed by atoms with van der Waals surface area (Å²) in [5.41, 5.74) is 2.66. The smallest absolute Gasteiger partial charge is 0.226 e. The number of hydrogen-bond acceptors (Lipinski definition) is 5. The zero-order chi connectivity index (χ0) is 8.43. The maximum absolute atomic E-state index is 8.97. The molecule has 0 radical (unpaired) electrons. The first-order valence-electron chi connectivity index (χ1n) is 3.44. The molecule has 64 valence electrons. The van der Waals surface area contributed by atoms with Crippen LogP contribution in [0, 0.1) is 0 Å². The number of hydrazine groups is 2. The molecule has 5 heteroatoms. The molecule has 0 fully saturated rings. The van der Waals surface area contributed by atoms with Gasteiger partial charge >= 0.3 is 0 Å². The Kier molecular flexibility index (Phi) is 2.21. The van der Waals surface area contributed by atoms with Gasteiger partial charge in [0.2, 0.25) is 5.88 Å². The summed E-state index contributed by atoms with van der Waals surface area (Å²) >= 11 is 0. The third kappa shape index (κ3) is 1.55. The molecule has 0 bridgehead atoms. The fourth-order valence-corrected chi connectivity index (χ4v) is 0.876. The maximum Gasteiger partial charge on any atom is 0.226 e. The van der Waals surface area contributed by atoms with Gasteiger partial charge in [-0.15, -0.1) is 5.53 Å². The minimum absolute atomic E-state index is 0.235. The zero-order valence-electron chi connectivity index (χ0n) is 6.90. The topological polar surface area (TPSA) is 48.0 Å². The third-order valence-corrected chi connectivity index (χ3v) is 1.41. The van der Waals surface area contributed by atoms with E-state index in [1.165, 1.54) is 6.20 Å². The van der Waals surface area contributed by atoms with E-state index in [9.17, 15) is 0 Å². The zero-order valence-corrected chi connectivity index (χ0v) is 6.90. The first kappa shape index (κ1) is 8.16. The second kappa shape index (κ2) is 2.98. The van der Waals surface area contributed by atoms with Crippen LogP contribution in [-0.4, -0.2) is 28.5 Å². The van der Waals surface area contributed by atoms with Crippen molar-refractivity contribution in [2.75, 3.05) is 7.11 Å². The summed E-state index contributed by atoms with van der Waals surface area (Å²) in [6, 6.07) is 0.235. The largest absolute Gasteiger partial charge is 0.480 e. The molecule has 1 heterocycles. The Morgan fingerprint density at radius 3 is 2.64 bits per heavy atom. The Labute approximate surface area is 65.7 Å². The lowest BCUT2D eigenvalue weighted by Crippen LogP contribution is -2.43. The standard InChI is InChI=1S/C6H13N3O2/c1-5(2)9-6(11-3)4-8(10)7-9/h4-5,7,10H,1-3H3. The van der Waals surface area contributed by atoms with Crippen LogP contribution in [0.15, 0.2) is 12.1 Å². The molecule has 1 aliphatic heterocycles. The number of hydrogen-bond donors (Lipinski definition) is 2. The molecule has 0 aromatic heterocycles. The van der Waals surface area contributed by atoms with Crippen molar-refractivity contribution in [2.24, 2.45) is 0 Å². The van der Waals surface area contributed by atoms with E-state index >= 15 is 0 Å². The normalized spacial score (nSPS) is 17.7. The maximum atomic E-state index is 8.97. The molecule has 5 nitrogen and oxygen atoms in total. The van der Waals surface area contributed by atoms with Gasteiger partial charge in [-0.2, -0.15) is 5.17 Å². The van der Waals surface area contributed by atoms with Crippen molar-refractivity contribution in [3.63, 3.8) is 0 Å². The lowest BCUT2D eigenvalue weighted by molar-refractivity contribution is -0.129. The number of hydroxylamine groups is 1. The lowest BCUT2D eigenvalue weighted by Gasteiger charge is -2.24. The van der Waals surface area contributed by atoms with Crippen LogP contribution in [0.1, 0.15) is 13.8 Å². The Hall–Kier alpha value is -0.940. The highest BCUT2D eigenvalue weighted by molar-refractivity contribution is 4.93. The number of nitrogens with one attached hydrogen (secondary N) is 1. The molecule has 0 atom stereocenters. The predicted molar refractivity (Wildman–Crippen MR) is 38.8 cm³/mol. The summed E-state index contributed by atoms with van der Waals surface area (Å²) in [7, 11) is 1.56. The van der Waals surface area contributed by atoms with E-state index in [-0.39, 0.29) is 6.04 Å². The van der Waals surface area contributed by atoms with Crippen LogP contribution < -0.4 is 5.53 Å². The SMILES string of the molecule is COC1=CN(O)NN1C(C)C. The summed E-state index contributed by atoms with van der Waals surface area (Å²) in [4.78, 5) is 0. The van der Waals surface area contributed by atoms with Gasteiger partial charge in [0, 0.05) is 6.04 Å². The van der Waals surface area contributed by atoms with Crippen molar-refractivity contribution in [1.29, 1.82) is 0 Å². The monoisotopic (exact) mass is 159 g/mol. The van der Waals surface area contributed by atoms with E-state index in [2.05, 4.69) is 5.53 Å². The van der Waals surface area contributed by atoms with Crippen molar-refractivity contribution in [3.8, 4) is 0 Å². The number of nitrogens with zero attached hydrogens (tertiary/aromatic N) is 2. The van der Waals surface area contributed by atoms with Crippen LogP contribution >= 0.6 is 0 Å². The highest BCUT2D eigenvalue weighted by atomic mass is 16.6. The molecule has 2 N–H and O–H groups in total. The molecule has 0 saturated heterocycles. The average molecular weight is 159 g/mol. The Morgan fingerprint density at radius 2 is 2.27 bits per heavy atom. The Bertz CT molecular complexity index is 169. The van der Waals surface area contributed by atoms with Crippen molar-refractivity contribution in [3.05, 3.63) is 12.1 Å². The van der Waals surface area contributed by atoms with Gasteiger partial charge in [0.05, 0.1) is 7.11 Å². The van der Waals surface area contributed by atoms with Crippen molar-refractivity contribution in [1.82, 2.24) is 15.7 Å². The van der Waals surface area contributed by atoms with Crippen LogP contribution in [0.25, 0.3) is 0 Å². The van der Waals surface area contributed by atoms with E-state index in [1.807, 2.05) is 13.8 Å². The summed E-state index contributed by atoms with van der Waals surface area (Å²) in [5.74, 6) is 0.600. The van der Waals surface area contributed by atoms with Crippen LogP contribution in [0.4, 0.5) is 0 Å². The molecule has 1 aliphatic rings. The molecule has 0 spiro atoms. The molecule has 0 aliphatic carbocycles. The van der Waals surface area contributed by atoms with E-state index in [0.717, 1.165) is 5.17 Å². The number of ether oxygens (including phenoxy) is 1. The van der Waals surface area contributed by atoms with Gasteiger partial charge in [-0.05, 0) is 13.8 Å². The van der Waals surface area contributed by atoms with E-state index in [4.69, 9.17) is 9.94 Å². The van der Waals surface area contributed by atoms with Gasteiger partial charge in [0.25, 0.3) is 0 Å². The molecule has 11 heavy (non-hydrogen) atoms. The van der Waals surface area contributed by atoms with Crippen LogP contribution in [-0.2, 0) is 4.74 Å². The van der Waals surface area contributed by atoms with Crippen LogP contribution in [0.2, 0.25) is 0 Å². The minimum Gasteiger partial charge on any atom is -0.480 e. The lowest BCUT2D eigenvalue weighted by atomic mass is 10.4. The minimum atomic E-state index is 0.235. The molecule has 1 rings (SSSR count). The average Bonchev–Trinajstić information content (AvgIpc) is 2.30. The first-order chi connectivity index (χ1) is 5.15. The molecular weight excluding hydrogens is 146 g/mol. The van der Waals surface area contributed by atoms with Gasteiger partial charge in [0.15, 0.2) is 0 Å². The summed E-state index contributed by atoms with van der Waals surface area (Å²) in [6.45, 7) is 3.97. The van der Waals surface area contributed by atoms with Gasteiger partial charge in [-0.1, -0.05) is 0 Å². The second-order valence-corrected chi connectivity index (χ2v) is 2.58. The number of rotatable bonds is 2. The summed E-state index contributed by atoms with van der Waals surface area (Å²) < 4.78 is 4.98. The van der Waals surface area contributed by atoms with Gasteiger partial charge in [-0.25, -0.2) is 0 Å². The molecule has 0 amide bonds. The first-order valence-corrected chi connectivity index (χ1v) is 3.44. The summed E-state index contributed by atoms with van der Waals surface area (Å²) in [6.07, 6.45) is 1.46. The van der Waals surface area contributed by atoms with Crippen LogP contribution in [0.5, 0.6) is 0 Å². The molecule has 0 saturated carbocycles.